The first-order valence-electron chi connectivity index (χ1n) is 6.60. The molecule has 116 valence electrons. The van der Waals surface area contributed by atoms with E-state index in [1.54, 1.807) is 18.2 Å². The molecular formula is C14H17BrO5S. The second-order valence-electron chi connectivity index (χ2n) is 4.89. The van der Waals surface area contributed by atoms with Crippen molar-refractivity contribution in [2.24, 2.45) is 0 Å². The summed E-state index contributed by atoms with van der Waals surface area (Å²) >= 11 is 3.29. The largest absolute Gasteiger partial charge is 0.496 e. The number of Topliss-reactive ketones (excluding diaryl/α,β-unsaturated/α-hetero) is 1. The molecule has 0 radical (unpaired) electrons. The second kappa shape index (κ2) is 6.89. The SMILES string of the molecule is COc1ccc(C(=O)CS(=O)(=O)C2CCOCC2)cc1Br. The number of benzene rings is 1. The van der Waals surface area contributed by atoms with Gasteiger partial charge in [0.25, 0.3) is 0 Å². The smallest absolute Gasteiger partial charge is 0.177 e. The number of sulfone groups is 1. The molecule has 1 saturated heterocycles. The Morgan fingerprint density at radius 2 is 2.05 bits per heavy atom. The van der Waals surface area contributed by atoms with E-state index in [1.807, 2.05) is 0 Å². The van der Waals surface area contributed by atoms with Crippen molar-refractivity contribution < 1.29 is 22.7 Å². The number of methoxy groups -OCH3 is 1. The zero-order chi connectivity index (χ0) is 15.5. The Morgan fingerprint density at radius 1 is 1.38 bits per heavy atom. The van der Waals surface area contributed by atoms with Crippen molar-refractivity contribution in [3.8, 4) is 5.75 Å². The highest BCUT2D eigenvalue weighted by atomic mass is 79.9. The lowest BCUT2D eigenvalue weighted by Gasteiger charge is -2.21. The number of hydrogen-bond donors (Lipinski definition) is 0. The van der Waals surface area contributed by atoms with Crippen LogP contribution in [0, 0.1) is 0 Å². The van der Waals surface area contributed by atoms with E-state index in [4.69, 9.17) is 9.47 Å². The summed E-state index contributed by atoms with van der Waals surface area (Å²) in [5.41, 5.74) is 0.360. The van der Waals surface area contributed by atoms with Gasteiger partial charge in [-0.1, -0.05) is 0 Å². The quantitative estimate of drug-likeness (QED) is 0.736. The third kappa shape index (κ3) is 4.05. The van der Waals surface area contributed by atoms with Crippen molar-refractivity contribution in [1.82, 2.24) is 0 Å². The number of carbonyl (C=O) groups is 1. The van der Waals surface area contributed by atoms with Crippen LogP contribution in [0.1, 0.15) is 23.2 Å². The molecule has 1 aliphatic heterocycles. The fourth-order valence-electron chi connectivity index (χ4n) is 2.26. The van der Waals surface area contributed by atoms with E-state index in [0.717, 1.165) is 0 Å². The normalized spacial score (nSPS) is 16.7. The number of hydrogen-bond acceptors (Lipinski definition) is 5. The van der Waals surface area contributed by atoms with Gasteiger partial charge in [0.2, 0.25) is 0 Å². The molecule has 1 aromatic carbocycles. The van der Waals surface area contributed by atoms with Gasteiger partial charge < -0.3 is 9.47 Å². The molecule has 0 unspecified atom stereocenters. The molecule has 5 nitrogen and oxygen atoms in total. The maximum absolute atomic E-state index is 12.3. The summed E-state index contributed by atoms with van der Waals surface area (Å²) in [5, 5.41) is -0.475. The van der Waals surface area contributed by atoms with E-state index < -0.39 is 26.6 Å². The number of ether oxygens (including phenoxy) is 2. The molecule has 0 aromatic heterocycles. The van der Waals surface area contributed by atoms with Crippen molar-refractivity contribution in [2.75, 3.05) is 26.1 Å². The molecule has 21 heavy (non-hydrogen) atoms. The van der Waals surface area contributed by atoms with Crippen LogP contribution < -0.4 is 4.74 Å². The van der Waals surface area contributed by atoms with E-state index in [9.17, 15) is 13.2 Å². The standard InChI is InChI=1S/C14H17BrO5S/c1-19-14-3-2-10(8-12(14)15)13(16)9-21(17,18)11-4-6-20-7-5-11/h2-3,8,11H,4-7,9H2,1H3. The molecule has 1 heterocycles. The molecule has 0 amide bonds. The average molecular weight is 377 g/mol. The Hall–Kier alpha value is -0.920. The number of halogens is 1. The van der Waals surface area contributed by atoms with Crippen molar-refractivity contribution >= 4 is 31.6 Å². The van der Waals surface area contributed by atoms with Gasteiger partial charge in [0.15, 0.2) is 15.6 Å². The van der Waals surface area contributed by atoms with E-state index in [0.29, 0.717) is 41.8 Å². The summed E-state index contributed by atoms with van der Waals surface area (Å²) in [4.78, 5) is 12.2. The summed E-state index contributed by atoms with van der Waals surface area (Å²) in [5.74, 6) is -0.264. The summed E-state index contributed by atoms with van der Waals surface area (Å²) < 4.78 is 35.4. The number of rotatable bonds is 5. The predicted octanol–water partition coefficient (Wildman–Crippen LogP) is 2.23. The van der Waals surface area contributed by atoms with Gasteiger partial charge in [-0.05, 0) is 47.0 Å². The fourth-order valence-corrected chi connectivity index (χ4v) is 4.48. The monoisotopic (exact) mass is 376 g/mol. The lowest BCUT2D eigenvalue weighted by molar-refractivity contribution is 0.0971. The minimum absolute atomic E-state index is 0.360. The van der Waals surface area contributed by atoms with Crippen LogP contribution in [0.5, 0.6) is 5.75 Å². The minimum atomic E-state index is -3.44. The van der Waals surface area contributed by atoms with Gasteiger partial charge in [0.05, 0.1) is 16.8 Å². The molecule has 1 fully saturated rings. The highest BCUT2D eigenvalue weighted by molar-refractivity contribution is 9.10. The zero-order valence-electron chi connectivity index (χ0n) is 11.7. The fraction of sp³-hybridized carbons (Fsp3) is 0.500. The summed E-state index contributed by atoms with van der Waals surface area (Å²) in [6, 6.07) is 4.80. The van der Waals surface area contributed by atoms with Crippen LogP contribution >= 0.6 is 15.9 Å². The van der Waals surface area contributed by atoms with Gasteiger partial charge in [-0.25, -0.2) is 8.42 Å². The highest BCUT2D eigenvalue weighted by Crippen LogP contribution is 2.26. The first-order valence-corrected chi connectivity index (χ1v) is 9.11. The van der Waals surface area contributed by atoms with Crippen LogP contribution in [0.3, 0.4) is 0 Å². The van der Waals surface area contributed by atoms with Crippen LogP contribution in [-0.2, 0) is 14.6 Å². The van der Waals surface area contributed by atoms with Crippen molar-refractivity contribution in [3.05, 3.63) is 28.2 Å². The Labute approximate surface area is 132 Å². The molecule has 0 aliphatic carbocycles. The molecule has 0 N–H and O–H groups in total. The van der Waals surface area contributed by atoms with Crippen LogP contribution in [0.15, 0.2) is 22.7 Å². The Kier molecular flexibility index (Phi) is 5.40. The van der Waals surface area contributed by atoms with E-state index in [-0.39, 0.29) is 0 Å². The molecule has 1 aliphatic rings. The van der Waals surface area contributed by atoms with Gasteiger partial charge in [0, 0.05) is 18.8 Å². The van der Waals surface area contributed by atoms with E-state index in [1.165, 1.54) is 7.11 Å². The molecule has 7 heteroatoms. The third-order valence-electron chi connectivity index (χ3n) is 3.48. The van der Waals surface area contributed by atoms with Crippen molar-refractivity contribution in [2.45, 2.75) is 18.1 Å². The predicted molar refractivity (Wildman–Crippen MR) is 82.7 cm³/mol. The van der Waals surface area contributed by atoms with Crippen molar-refractivity contribution in [3.63, 3.8) is 0 Å². The van der Waals surface area contributed by atoms with Gasteiger partial charge in [-0.15, -0.1) is 0 Å². The Morgan fingerprint density at radius 3 is 2.62 bits per heavy atom. The van der Waals surface area contributed by atoms with Crippen LogP contribution in [0.4, 0.5) is 0 Å². The van der Waals surface area contributed by atoms with Crippen LogP contribution in [-0.4, -0.2) is 45.5 Å². The topological polar surface area (TPSA) is 69.7 Å². The molecule has 0 spiro atoms. The molecule has 0 atom stereocenters. The molecule has 2 rings (SSSR count). The van der Waals surface area contributed by atoms with Gasteiger partial charge in [0.1, 0.15) is 11.5 Å². The first kappa shape index (κ1) is 16.5. The van der Waals surface area contributed by atoms with Gasteiger partial charge in [-0.2, -0.15) is 0 Å². The number of ketones is 1. The molecular weight excluding hydrogens is 360 g/mol. The van der Waals surface area contributed by atoms with Crippen LogP contribution in [0.2, 0.25) is 0 Å². The summed E-state index contributed by atoms with van der Waals surface area (Å²) in [7, 11) is -1.91. The highest BCUT2D eigenvalue weighted by Gasteiger charge is 2.30. The van der Waals surface area contributed by atoms with Crippen molar-refractivity contribution in [1.29, 1.82) is 0 Å². The molecule has 0 bridgehead atoms. The Bertz CT molecular complexity index is 620. The maximum atomic E-state index is 12.3. The lowest BCUT2D eigenvalue weighted by atomic mass is 10.1. The van der Waals surface area contributed by atoms with Gasteiger partial charge in [-0.3, -0.25) is 4.79 Å². The average Bonchev–Trinajstić information content (AvgIpc) is 2.47. The Balaban J connectivity index is 2.11. The molecule has 0 saturated carbocycles. The van der Waals surface area contributed by atoms with E-state index >= 15 is 0 Å². The second-order valence-corrected chi connectivity index (χ2v) is 8.03. The third-order valence-corrected chi connectivity index (χ3v) is 6.25. The first-order chi connectivity index (χ1) is 9.94. The minimum Gasteiger partial charge on any atom is -0.496 e. The van der Waals surface area contributed by atoms with Gasteiger partial charge >= 0.3 is 0 Å². The number of carbonyl (C=O) groups excluding carboxylic acids is 1. The maximum Gasteiger partial charge on any atom is 0.177 e. The lowest BCUT2D eigenvalue weighted by Crippen LogP contribution is -2.33. The summed E-state index contributed by atoms with van der Waals surface area (Å²) in [6.45, 7) is 0.873. The van der Waals surface area contributed by atoms with Crippen LogP contribution in [0.25, 0.3) is 0 Å². The summed E-state index contributed by atoms with van der Waals surface area (Å²) in [6.07, 6.45) is 0.920. The zero-order valence-corrected chi connectivity index (χ0v) is 14.1. The molecule has 1 aromatic rings. The van der Waals surface area contributed by atoms with E-state index in [2.05, 4.69) is 15.9 Å².